The predicted molar refractivity (Wildman–Crippen MR) is 75.0 cm³/mol. The number of aryl methyl sites for hydroxylation is 2. The van der Waals surface area contributed by atoms with E-state index in [1.807, 2.05) is 55.3 Å². The summed E-state index contributed by atoms with van der Waals surface area (Å²) in [6, 6.07) is 12.1. The van der Waals surface area contributed by atoms with E-state index in [1.54, 1.807) is 0 Å². The Kier molecular flexibility index (Phi) is 2.75. The van der Waals surface area contributed by atoms with Crippen molar-refractivity contribution in [2.75, 3.05) is 0 Å². The van der Waals surface area contributed by atoms with E-state index in [0.717, 1.165) is 23.0 Å². The first-order valence-electron chi connectivity index (χ1n) is 6.36. The summed E-state index contributed by atoms with van der Waals surface area (Å²) in [7, 11) is 4.00. The van der Waals surface area contributed by atoms with Gasteiger partial charge in [-0.25, -0.2) is 4.57 Å². The second-order valence-electron chi connectivity index (χ2n) is 4.92. The van der Waals surface area contributed by atoms with Crippen LogP contribution in [0.5, 0.6) is 5.75 Å². The summed E-state index contributed by atoms with van der Waals surface area (Å²) < 4.78 is 4.07. The van der Waals surface area contributed by atoms with Crippen LogP contribution in [0.3, 0.4) is 0 Å². The van der Waals surface area contributed by atoms with E-state index in [-0.39, 0.29) is 0 Å². The Labute approximate surface area is 112 Å². The monoisotopic (exact) mass is 253 g/mol. The van der Waals surface area contributed by atoms with Gasteiger partial charge < -0.3 is 9.67 Å². The van der Waals surface area contributed by atoms with Crippen molar-refractivity contribution in [1.29, 1.82) is 0 Å². The van der Waals surface area contributed by atoms with Gasteiger partial charge in [-0.05, 0) is 17.7 Å². The minimum absolute atomic E-state index is 0.395. The zero-order chi connectivity index (χ0) is 13.4. The maximum atomic E-state index is 10.4. The highest BCUT2D eigenvalue weighted by atomic mass is 16.3. The van der Waals surface area contributed by atoms with Gasteiger partial charge in [0.05, 0.1) is 11.2 Å². The molecule has 3 rings (SSSR count). The Morgan fingerprint density at radius 3 is 2.47 bits per heavy atom. The maximum Gasteiger partial charge on any atom is 0.168 e. The average molecular weight is 253 g/mol. The van der Waals surface area contributed by atoms with Gasteiger partial charge in [-0.15, -0.1) is 0 Å². The van der Waals surface area contributed by atoms with Crippen molar-refractivity contribution in [3.8, 4) is 5.75 Å². The Morgan fingerprint density at radius 2 is 1.79 bits per heavy atom. The maximum absolute atomic E-state index is 10.4. The van der Waals surface area contributed by atoms with Gasteiger partial charge in [0.15, 0.2) is 12.4 Å². The molecule has 0 aliphatic rings. The average Bonchev–Trinajstić information content (AvgIpc) is 2.67. The van der Waals surface area contributed by atoms with Gasteiger partial charge in [-0.1, -0.05) is 12.1 Å². The minimum Gasteiger partial charge on any atom is -0.505 e. The van der Waals surface area contributed by atoms with E-state index in [1.165, 1.54) is 5.56 Å². The number of pyridine rings is 1. The smallest absolute Gasteiger partial charge is 0.168 e. The van der Waals surface area contributed by atoms with Crippen LogP contribution in [0.2, 0.25) is 0 Å². The largest absolute Gasteiger partial charge is 0.505 e. The second kappa shape index (κ2) is 4.43. The van der Waals surface area contributed by atoms with Gasteiger partial charge >= 0.3 is 0 Å². The van der Waals surface area contributed by atoms with Crippen LogP contribution >= 0.6 is 0 Å². The van der Waals surface area contributed by atoms with Crippen LogP contribution in [0.25, 0.3) is 10.9 Å². The zero-order valence-corrected chi connectivity index (χ0v) is 11.2. The molecule has 0 radical (unpaired) electrons. The molecule has 0 saturated heterocycles. The Hall–Kier alpha value is -2.29. The van der Waals surface area contributed by atoms with Crippen LogP contribution < -0.4 is 4.57 Å². The van der Waals surface area contributed by atoms with Crippen molar-refractivity contribution >= 4 is 10.9 Å². The summed E-state index contributed by atoms with van der Waals surface area (Å²) >= 11 is 0. The van der Waals surface area contributed by atoms with E-state index >= 15 is 0 Å². The lowest BCUT2D eigenvalue weighted by Crippen LogP contribution is -2.26. The van der Waals surface area contributed by atoms with Crippen LogP contribution in [0.15, 0.2) is 48.8 Å². The summed E-state index contributed by atoms with van der Waals surface area (Å²) in [6.45, 7) is 0. The lowest BCUT2D eigenvalue weighted by Gasteiger charge is -2.04. The van der Waals surface area contributed by atoms with E-state index in [4.69, 9.17) is 0 Å². The first-order chi connectivity index (χ1) is 9.16. The number of aromatic hydroxyl groups is 1. The third kappa shape index (κ3) is 1.97. The minimum atomic E-state index is 0.395. The number of fused-ring (bicyclic) bond motifs is 1. The van der Waals surface area contributed by atoms with Crippen LogP contribution in [-0.4, -0.2) is 9.67 Å². The fourth-order valence-electron chi connectivity index (χ4n) is 2.47. The second-order valence-corrected chi connectivity index (χ2v) is 4.92. The normalized spacial score (nSPS) is 11.1. The molecule has 1 aromatic carbocycles. The lowest BCUT2D eigenvalue weighted by molar-refractivity contribution is -0.671. The Bertz CT molecular complexity index is 687. The molecule has 0 aliphatic carbocycles. The lowest BCUT2D eigenvalue weighted by atomic mass is 10.1. The molecule has 19 heavy (non-hydrogen) atoms. The van der Waals surface area contributed by atoms with Crippen molar-refractivity contribution in [3.63, 3.8) is 0 Å². The number of benzene rings is 1. The fraction of sp³-hybridized carbons (Fsp3) is 0.188. The van der Waals surface area contributed by atoms with Crippen LogP contribution in [-0.2, 0) is 20.5 Å². The molecule has 0 saturated carbocycles. The molecule has 0 atom stereocenters. The van der Waals surface area contributed by atoms with Gasteiger partial charge in [0.25, 0.3) is 0 Å². The summed E-state index contributed by atoms with van der Waals surface area (Å²) in [5.41, 5.74) is 3.21. The molecular weight excluding hydrogens is 236 g/mol. The van der Waals surface area contributed by atoms with Crippen molar-refractivity contribution in [3.05, 3.63) is 60.0 Å². The van der Waals surface area contributed by atoms with Crippen molar-refractivity contribution < 1.29 is 9.67 Å². The molecular formula is C16H17N2O+. The number of hydrogen-bond donors (Lipinski definition) is 1. The standard InChI is InChI=1S/C16H16N2O/c1-17-9-7-12(8-10-17)11-15-16(19)13-5-3-4-6-14(13)18(15)2/h3-10H,11H2,1-2H3/p+1. The van der Waals surface area contributed by atoms with E-state index in [2.05, 4.69) is 16.7 Å². The summed E-state index contributed by atoms with van der Waals surface area (Å²) in [4.78, 5) is 0. The molecule has 96 valence electrons. The number of hydrogen-bond acceptors (Lipinski definition) is 1. The molecule has 0 amide bonds. The number of para-hydroxylation sites is 1. The molecule has 3 aromatic rings. The number of nitrogens with zero attached hydrogens (tertiary/aromatic N) is 2. The highest BCUT2D eigenvalue weighted by Gasteiger charge is 2.14. The van der Waals surface area contributed by atoms with E-state index in [0.29, 0.717) is 5.75 Å². The molecule has 0 fully saturated rings. The molecule has 0 aliphatic heterocycles. The van der Waals surface area contributed by atoms with E-state index in [9.17, 15) is 5.11 Å². The molecule has 3 nitrogen and oxygen atoms in total. The van der Waals surface area contributed by atoms with Crippen molar-refractivity contribution in [2.24, 2.45) is 14.1 Å². The quantitative estimate of drug-likeness (QED) is 0.698. The fourth-order valence-corrected chi connectivity index (χ4v) is 2.47. The van der Waals surface area contributed by atoms with E-state index < -0.39 is 0 Å². The molecule has 3 heteroatoms. The van der Waals surface area contributed by atoms with Gasteiger partial charge in [-0.2, -0.15) is 0 Å². The predicted octanol–water partition coefficient (Wildman–Crippen LogP) is 2.30. The third-order valence-electron chi connectivity index (χ3n) is 3.62. The molecule has 0 spiro atoms. The van der Waals surface area contributed by atoms with Crippen LogP contribution in [0.4, 0.5) is 0 Å². The third-order valence-corrected chi connectivity index (χ3v) is 3.62. The Balaban J connectivity index is 2.08. The molecule has 0 bridgehead atoms. The molecule has 2 aromatic heterocycles. The van der Waals surface area contributed by atoms with Gasteiger partial charge in [0.2, 0.25) is 0 Å². The first-order valence-corrected chi connectivity index (χ1v) is 6.36. The topological polar surface area (TPSA) is 29.0 Å². The Morgan fingerprint density at radius 1 is 1.11 bits per heavy atom. The van der Waals surface area contributed by atoms with Crippen molar-refractivity contribution in [1.82, 2.24) is 4.57 Å². The summed E-state index contributed by atoms with van der Waals surface area (Å²) in [5, 5.41) is 11.3. The van der Waals surface area contributed by atoms with Crippen molar-refractivity contribution in [2.45, 2.75) is 6.42 Å². The van der Waals surface area contributed by atoms with Gasteiger partial charge in [0.1, 0.15) is 12.8 Å². The zero-order valence-electron chi connectivity index (χ0n) is 11.2. The highest BCUT2D eigenvalue weighted by Crippen LogP contribution is 2.32. The highest BCUT2D eigenvalue weighted by molar-refractivity contribution is 5.88. The number of rotatable bonds is 2. The summed E-state index contributed by atoms with van der Waals surface area (Å²) in [5.74, 6) is 0.395. The summed E-state index contributed by atoms with van der Waals surface area (Å²) in [6.07, 6.45) is 4.78. The SMILES string of the molecule is Cn1c(Cc2cc[n+](C)cc2)c(O)c2ccccc21. The first kappa shape index (κ1) is 11.8. The number of aromatic nitrogens is 2. The molecule has 0 unspecified atom stereocenters. The van der Waals surface area contributed by atoms with Crippen LogP contribution in [0.1, 0.15) is 11.3 Å². The van der Waals surface area contributed by atoms with Gasteiger partial charge in [0, 0.05) is 31.0 Å². The van der Waals surface area contributed by atoms with Crippen LogP contribution in [0, 0.1) is 0 Å². The molecule has 2 heterocycles. The molecule has 1 N–H and O–H groups in total. The van der Waals surface area contributed by atoms with Gasteiger partial charge in [-0.3, -0.25) is 0 Å².